The maximum atomic E-state index is 12.5. The minimum Gasteiger partial charge on any atom is -0.480 e. The smallest absolute Gasteiger partial charge is 0.317 e. The Balaban J connectivity index is 1.80. The molecule has 26 heavy (non-hydrogen) atoms. The van der Waals surface area contributed by atoms with Crippen LogP contribution in [-0.2, 0) is 9.59 Å². The van der Waals surface area contributed by atoms with Crippen molar-refractivity contribution in [2.75, 3.05) is 33.2 Å². The van der Waals surface area contributed by atoms with E-state index < -0.39 is 5.97 Å². The Morgan fingerprint density at radius 1 is 1.27 bits per heavy atom. The van der Waals surface area contributed by atoms with Gasteiger partial charge in [0, 0.05) is 19.1 Å². The highest BCUT2D eigenvalue weighted by Crippen LogP contribution is 2.19. The highest BCUT2D eigenvalue weighted by Gasteiger charge is 2.25. The Bertz CT molecular complexity index is 571. The number of aliphatic carboxylic acids is 1. The summed E-state index contributed by atoms with van der Waals surface area (Å²) in [5, 5.41) is 12.1. The Morgan fingerprint density at radius 2 is 1.92 bits per heavy atom. The second-order valence-corrected chi connectivity index (χ2v) is 7.14. The number of carboxylic acid groups (broad SMARTS) is 1. The number of nitrogens with zero attached hydrogens (tertiary/aromatic N) is 2. The molecular formula is C20H31N3O3. The minimum atomic E-state index is -0.794. The molecule has 1 heterocycles. The average Bonchev–Trinajstić information content (AvgIpc) is 2.62. The number of carbonyl (C=O) groups excluding carboxylic acids is 1. The summed E-state index contributed by atoms with van der Waals surface area (Å²) in [4.78, 5) is 27.4. The molecule has 0 saturated carbocycles. The highest BCUT2D eigenvalue weighted by atomic mass is 16.4. The van der Waals surface area contributed by atoms with Gasteiger partial charge in [0.05, 0.1) is 19.1 Å². The fourth-order valence-electron chi connectivity index (χ4n) is 3.60. The molecule has 6 nitrogen and oxygen atoms in total. The number of benzene rings is 1. The van der Waals surface area contributed by atoms with E-state index in [9.17, 15) is 9.59 Å². The van der Waals surface area contributed by atoms with E-state index in [-0.39, 0.29) is 24.5 Å². The molecule has 0 spiro atoms. The summed E-state index contributed by atoms with van der Waals surface area (Å²) in [5.41, 5.74) is 1.15. The van der Waals surface area contributed by atoms with Crippen LogP contribution >= 0.6 is 0 Å². The quantitative estimate of drug-likeness (QED) is 0.705. The third kappa shape index (κ3) is 6.42. The van der Waals surface area contributed by atoms with Gasteiger partial charge in [0.15, 0.2) is 0 Å². The first-order valence-electron chi connectivity index (χ1n) is 9.48. The summed E-state index contributed by atoms with van der Waals surface area (Å²) in [5.74, 6) is -0.734. The topological polar surface area (TPSA) is 72.9 Å². The molecule has 2 rings (SSSR count). The summed E-state index contributed by atoms with van der Waals surface area (Å²) in [7, 11) is 1.86. The van der Waals surface area contributed by atoms with Crippen LogP contribution in [-0.4, -0.2) is 66.1 Å². The first-order chi connectivity index (χ1) is 12.5. The molecule has 0 bridgehead atoms. The molecule has 1 unspecified atom stereocenters. The number of piperidine rings is 1. The van der Waals surface area contributed by atoms with E-state index in [1.807, 2.05) is 30.1 Å². The molecule has 0 radical (unpaired) electrons. The number of carboxylic acids is 1. The van der Waals surface area contributed by atoms with Gasteiger partial charge in [-0.15, -0.1) is 0 Å². The molecule has 1 aromatic rings. The molecule has 0 aromatic heterocycles. The predicted octanol–water partition coefficient (Wildman–Crippen LogP) is 2.12. The zero-order valence-electron chi connectivity index (χ0n) is 15.9. The van der Waals surface area contributed by atoms with Gasteiger partial charge < -0.3 is 10.4 Å². The van der Waals surface area contributed by atoms with Gasteiger partial charge in [-0.1, -0.05) is 43.7 Å². The minimum absolute atomic E-state index is 0.0599. The predicted molar refractivity (Wildman–Crippen MR) is 102 cm³/mol. The maximum absolute atomic E-state index is 12.5. The van der Waals surface area contributed by atoms with Crippen molar-refractivity contribution in [3.8, 4) is 0 Å². The van der Waals surface area contributed by atoms with Crippen LogP contribution in [0, 0.1) is 0 Å². The molecule has 1 aliphatic heterocycles. The summed E-state index contributed by atoms with van der Waals surface area (Å²) < 4.78 is 0. The number of likely N-dealkylation sites (N-methyl/N-ethyl adjacent to an activating group) is 1. The lowest BCUT2D eigenvalue weighted by Gasteiger charge is -2.36. The number of likely N-dealkylation sites (tertiary alicyclic amines) is 1. The van der Waals surface area contributed by atoms with Gasteiger partial charge in [-0.3, -0.25) is 19.4 Å². The number of carbonyl (C=O) groups is 2. The monoisotopic (exact) mass is 361 g/mol. The lowest BCUT2D eigenvalue weighted by Crippen LogP contribution is -2.47. The van der Waals surface area contributed by atoms with Crippen LogP contribution in [0.1, 0.15) is 44.2 Å². The van der Waals surface area contributed by atoms with E-state index in [0.717, 1.165) is 44.3 Å². The van der Waals surface area contributed by atoms with Crippen LogP contribution < -0.4 is 5.32 Å². The lowest BCUT2D eigenvalue weighted by atomic mass is 10.0. The number of nitrogens with one attached hydrogen (secondary N) is 1. The molecule has 6 heteroatoms. The zero-order chi connectivity index (χ0) is 18.9. The summed E-state index contributed by atoms with van der Waals surface area (Å²) in [6.45, 7) is 4.25. The van der Waals surface area contributed by atoms with Crippen molar-refractivity contribution in [2.45, 2.75) is 44.7 Å². The fourth-order valence-corrected chi connectivity index (χ4v) is 3.60. The van der Waals surface area contributed by atoms with Gasteiger partial charge in [-0.05, 0) is 31.9 Å². The number of hydrogen-bond acceptors (Lipinski definition) is 4. The third-order valence-electron chi connectivity index (χ3n) is 5.05. The Labute approximate surface area is 156 Å². The average molecular weight is 361 g/mol. The van der Waals surface area contributed by atoms with E-state index in [1.165, 1.54) is 0 Å². The van der Waals surface area contributed by atoms with Crippen molar-refractivity contribution in [3.63, 3.8) is 0 Å². The van der Waals surface area contributed by atoms with E-state index in [2.05, 4.69) is 29.3 Å². The van der Waals surface area contributed by atoms with E-state index in [1.54, 1.807) is 0 Å². The van der Waals surface area contributed by atoms with Crippen molar-refractivity contribution in [1.29, 1.82) is 0 Å². The van der Waals surface area contributed by atoms with Crippen LogP contribution in [0.2, 0.25) is 0 Å². The van der Waals surface area contributed by atoms with Gasteiger partial charge in [-0.25, -0.2) is 0 Å². The number of amides is 1. The molecule has 1 atom stereocenters. The van der Waals surface area contributed by atoms with Crippen molar-refractivity contribution >= 4 is 11.9 Å². The zero-order valence-corrected chi connectivity index (χ0v) is 15.9. The van der Waals surface area contributed by atoms with Gasteiger partial charge >= 0.3 is 5.97 Å². The van der Waals surface area contributed by atoms with Crippen molar-refractivity contribution in [2.24, 2.45) is 0 Å². The Morgan fingerprint density at radius 3 is 2.50 bits per heavy atom. The molecule has 1 aromatic carbocycles. The normalized spacial score (nSPS) is 17.2. The molecule has 144 valence electrons. The molecule has 1 amide bonds. The summed E-state index contributed by atoms with van der Waals surface area (Å²) in [6, 6.07) is 10.5. The first-order valence-corrected chi connectivity index (χ1v) is 9.48. The molecule has 1 saturated heterocycles. The van der Waals surface area contributed by atoms with Gasteiger partial charge in [-0.2, -0.15) is 0 Å². The standard InChI is InChI=1S/C20H31N3O3/c1-3-7-18(16-8-5-4-6-9-16)21-19(24)14-23-12-10-17(11-13-23)22(2)15-20(25)26/h4-6,8-9,17-18H,3,7,10-15H2,1-2H3,(H,21,24)(H,25,26). The maximum Gasteiger partial charge on any atom is 0.317 e. The van der Waals surface area contributed by atoms with Crippen LogP contribution in [0.3, 0.4) is 0 Å². The Kier molecular flexibility index (Phi) is 8.06. The SMILES string of the molecule is CCCC(NC(=O)CN1CCC(N(C)CC(=O)O)CC1)c1ccccc1. The van der Waals surface area contributed by atoms with Crippen LogP contribution in [0.4, 0.5) is 0 Å². The molecule has 0 aliphatic carbocycles. The second-order valence-electron chi connectivity index (χ2n) is 7.14. The van der Waals surface area contributed by atoms with Gasteiger partial charge in [0.25, 0.3) is 0 Å². The first kappa shape index (κ1) is 20.4. The van der Waals surface area contributed by atoms with Gasteiger partial charge in [0.2, 0.25) is 5.91 Å². The number of hydrogen-bond donors (Lipinski definition) is 2. The fraction of sp³-hybridized carbons (Fsp3) is 0.600. The van der Waals surface area contributed by atoms with Crippen LogP contribution in [0.5, 0.6) is 0 Å². The van der Waals surface area contributed by atoms with Crippen molar-refractivity contribution in [1.82, 2.24) is 15.1 Å². The van der Waals surface area contributed by atoms with E-state index >= 15 is 0 Å². The van der Waals surface area contributed by atoms with Crippen molar-refractivity contribution < 1.29 is 14.7 Å². The van der Waals surface area contributed by atoms with Gasteiger partial charge in [0.1, 0.15) is 0 Å². The molecule has 1 fully saturated rings. The summed E-state index contributed by atoms with van der Waals surface area (Å²) >= 11 is 0. The van der Waals surface area contributed by atoms with E-state index in [4.69, 9.17) is 5.11 Å². The number of rotatable bonds is 9. The molecule has 1 aliphatic rings. The molecular weight excluding hydrogens is 330 g/mol. The second kappa shape index (κ2) is 10.3. The summed E-state index contributed by atoms with van der Waals surface area (Å²) in [6.07, 6.45) is 3.74. The lowest BCUT2D eigenvalue weighted by molar-refractivity contribution is -0.138. The third-order valence-corrected chi connectivity index (χ3v) is 5.05. The van der Waals surface area contributed by atoms with Crippen LogP contribution in [0.15, 0.2) is 30.3 Å². The van der Waals surface area contributed by atoms with Crippen molar-refractivity contribution in [3.05, 3.63) is 35.9 Å². The molecule has 2 N–H and O–H groups in total. The van der Waals surface area contributed by atoms with Crippen LogP contribution in [0.25, 0.3) is 0 Å². The Hall–Kier alpha value is -1.92. The highest BCUT2D eigenvalue weighted by molar-refractivity contribution is 5.78. The van der Waals surface area contributed by atoms with E-state index in [0.29, 0.717) is 6.54 Å². The largest absolute Gasteiger partial charge is 0.480 e.